The fourth-order valence-electron chi connectivity index (χ4n) is 1.23. The molecule has 0 heteroatoms. The molecule has 0 aromatic rings. The third kappa shape index (κ3) is 5.58. The lowest BCUT2D eigenvalue weighted by molar-refractivity contribution is 0.787. The van der Waals surface area contributed by atoms with Crippen molar-refractivity contribution in [2.75, 3.05) is 0 Å². The van der Waals surface area contributed by atoms with E-state index in [1.807, 2.05) is 19.1 Å². The minimum absolute atomic E-state index is 1.10. The summed E-state index contributed by atoms with van der Waals surface area (Å²) in [6.45, 7) is 14.1. The van der Waals surface area contributed by atoms with Crippen LogP contribution < -0.4 is 0 Å². The second-order valence-corrected chi connectivity index (χ2v) is 3.73. The number of allylic oxidation sites excluding steroid dienone is 6. The fourth-order valence-corrected chi connectivity index (χ4v) is 1.23. The van der Waals surface area contributed by atoms with E-state index < -0.39 is 0 Å². The lowest BCUT2D eigenvalue weighted by Crippen LogP contribution is -1.83. The summed E-state index contributed by atoms with van der Waals surface area (Å²) in [4.78, 5) is 0. The van der Waals surface area contributed by atoms with E-state index in [-0.39, 0.29) is 0 Å². The largest absolute Gasteiger partial charge is 0.0990 e. The van der Waals surface area contributed by atoms with Crippen molar-refractivity contribution in [3.63, 3.8) is 0 Å². The Balaban J connectivity index is 4.48. The molecule has 0 atom stereocenters. The first-order valence-corrected chi connectivity index (χ1v) is 5.27. The first-order chi connectivity index (χ1) is 6.61. The predicted molar refractivity (Wildman–Crippen MR) is 66.4 cm³/mol. The van der Waals surface area contributed by atoms with Crippen LogP contribution >= 0.6 is 0 Å². The standard InChI is InChI=1S/C14H22/c1-6-8-10-13(5)11-14(9-7-2)12(3)4/h7,9,11H,2-3,6,8,10H2,1,4-5H3/b13-11+,14-9+. The minimum atomic E-state index is 1.10. The number of rotatable bonds is 6. The zero-order chi connectivity index (χ0) is 11.0. The van der Waals surface area contributed by atoms with Gasteiger partial charge < -0.3 is 0 Å². The number of hydrogen-bond donors (Lipinski definition) is 0. The molecule has 0 spiro atoms. The van der Waals surface area contributed by atoms with E-state index in [0.29, 0.717) is 0 Å². The Labute approximate surface area is 88.7 Å². The van der Waals surface area contributed by atoms with Crippen LogP contribution in [0, 0.1) is 0 Å². The van der Waals surface area contributed by atoms with Gasteiger partial charge in [-0.05, 0) is 32.3 Å². The van der Waals surface area contributed by atoms with E-state index >= 15 is 0 Å². The molecule has 0 fully saturated rings. The second-order valence-electron chi connectivity index (χ2n) is 3.73. The van der Waals surface area contributed by atoms with Crippen LogP contribution in [0.3, 0.4) is 0 Å². The topological polar surface area (TPSA) is 0 Å². The van der Waals surface area contributed by atoms with E-state index in [1.165, 1.54) is 30.4 Å². The smallest absolute Gasteiger partial charge is 0.0234 e. The molecule has 0 bridgehead atoms. The first kappa shape index (κ1) is 13.0. The van der Waals surface area contributed by atoms with Gasteiger partial charge in [-0.3, -0.25) is 0 Å². The molecule has 0 saturated heterocycles. The van der Waals surface area contributed by atoms with Gasteiger partial charge >= 0.3 is 0 Å². The third-order valence-corrected chi connectivity index (χ3v) is 2.12. The molecule has 78 valence electrons. The fraction of sp³-hybridized carbons (Fsp3) is 0.429. The van der Waals surface area contributed by atoms with Gasteiger partial charge in [0.25, 0.3) is 0 Å². The third-order valence-electron chi connectivity index (χ3n) is 2.12. The van der Waals surface area contributed by atoms with Gasteiger partial charge in [-0.25, -0.2) is 0 Å². The summed E-state index contributed by atoms with van der Waals surface area (Å²) in [6, 6.07) is 0. The summed E-state index contributed by atoms with van der Waals surface area (Å²) in [7, 11) is 0. The average Bonchev–Trinajstić information content (AvgIpc) is 2.14. The van der Waals surface area contributed by atoms with Gasteiger partial charge in [-0.2, -0.15) is 0 Å². The van der Waals surface area contributed by atoms with Gasteiger partial charge in [-0.15, -0.1) is 0 Å². The van der Waals surface area contributed by atoms with Crippen LogP contribution in [0.15, 0.2) is 48.1 Å². The molecule has 0 aliphatic rings. The van der Waals surface area contributed by atoms with Crippen molar-refractivity contribution in [3.8, 4) is 0 Å². The maximum atomic E-state index is 3.95. The maximum absolute atomic E-state index is 3.95. The van der Waals surface area contributed by atoms with Crippen molar-refractivity contribution >= 4 is 0 Å². The van der Waals surface area contributed by atoms with Crippen LogP contribution in [-0.4, -0.2) is 0 Å². The number of unbranched alkanes of at least 4 members (excludes halogenated alkanes) is 1. The van der Waals surface area contributed by atoms with Crippen LogP contribution in [-0.2, 0) is 0 Å². The predicted octanol–water partition coefficient (Wildman–Crippen LogP) is 4.81. The van der Waals surface area contributed by atoms with Gasteiger partial charge in [0.15, 0.2) is 0 Å². The molecule has 0 aliphatic heterocycles. The molecule has 0 rings (SSSR count). The summed E-state index contributed by atoms with van der Waals surface area (Å²) in [5.74, 6) is 0. The Kier molecular flexibility index (Phi) is 6.82. The van der Waals surface area contributed by atoms with E-state index in [0.717, 1.165) is 5.57 Å². The molecule has 0 unspecified atom stereocenters. The van der Waals surface area contributed by atoms with Crippen molar-refractivity contribution in [3.05, 3.63) is 48.1 Å². The molecule has 0 aromatic heterocycles. The summed E-state index contributed by atoms with van der Waals surface area (Å²) >= 11 is 0. The molecule has 0 heterocycles. The first-order valence-electron chi connectivity index (χ1n) is 5.27. The molecule has 0 amide bonds. The van der Waals surface area contributed by atoms with Crippen LogP contribution in [0.25, 0.3) is 0 Å². The monoisotopic (exact) mass is 190 g/mol. The molecule has 0 aromatic carbocycles. The van der Waals surface area contributed by atoms with Crippen molar-refractivity contribution < 1.29 is 0 Å². The van der Waals surface area contributed by atoms with Gasteiger partial charge in [0.2, 0.25) is 0 Å². The van der Waals surface area contributed by atoms with Crippen LogP contribution in [0.1, 0.15) is 40.0 Å². The van der Waals surface area contributed by atoms with Crippen molar-refractivity contribution in [2.45, 2.75) is 40.0 Å². The Morgan fingerprint density at radius 3 is 2.36 bits per heavy atom. The van der Waals surface area contributed by atoms with Crippen molar-refractivity contribution in [1.29, 1.82) is 0 Å². The SMILES string of the molecule is C=C/C=C(\C=C(/C)CCCC)C(=C)C. The lowest BCUT2D eigenvalue weighted by atomic mass is 10.0. The zero-order valence-corrected chi connectivity index (χ0v) is 9.77. The molecule has 14 heavy (non-hydrogen) atoms. The van der Waals surface area contributed by atoms with E-state index in [2.05, 4.69) is 33.1 Å². The molecule has 0 nitrogen and oxygen atoms in total. The highest BCUT2D eigenvalue weighted by Crippen LogP contribution is 2.14. The van der Waals surface area contributed by atoms with Crippen molar-refractivity contribution in [1.82, 2.24) is 0 Å². The molecule has 0 saturated carbocycles. The Hall–Kier alpha value is -1.04. The van der Waals surface area contributed by atoms with E-state index in [4.69, 9.17) is 0 Å². The summed E-state index contributed by atoms with van der Waals surface area (Å²) in [6.07, 6.45) is 9.72. The lowest BCUT2D eigenvalue weighted by Gasteiger charge is -2.03. The molecule has 0 N–H and O–H groups in total. The molecule has 0 aliphatic carbocycles. The molecular formula is C14H22. The van der Waals surface area contributed by atoms with Crippen LogP contribution in [0.4, 0.5) is 0 Å². The maximum Gasteiger partial charge on any atom is -0.0234 e. The highest BCUT2D eigenvalue weighted by Gasteiger charge is 1.94. The van der Waals surface area contributed by atoms with Crippen LogP contribution in [0.5, 0.6) is 0 Å². The van der Waals surface area contributed by atoms with Gasteiger partial charge in [-0.1, -0.05) is 55.9 Å². The summed E-state index contributed by atoms with van der Waals surface area (Å²) in [5.41, 5.74) is 3.71. The summed E-state index contributed by atoms with van der Waals surface area (Å²) < 4.78 is 0. The Morgan fingerprint density at radius 2 is 1.93 bits per heavy atom. The Morgan fingerprint density at radius 1 is 1.29 bits per heavy atom. The van der Waals surface area contributed by atoms with E-state index in [9.17, 15) is 0 Å². The van der Waals surface area contributed by atoms with Gasteiger partial charge in [0.1, 0.15) is 0 Å². The molecular weight excluding hydrogens is 168 g/mol. The average molecular weight is 190 g/mol. The second kappa shape index (κ2) is 7.37. The van der Waals surface area contributed by atoms with Crippen molar-refractivity contribution in [2.24, 2.45) is 0 Å². The highest BCUT2D eigenvalue weighted by molar-refractivity contribution is 5.40. The van der Waals surface area contributed by atoms with Gasteiger partial charge in [0.05, 0.1) is 0 Å². The molecule has 0 radical (unpaired) electrons. The Bertz CT molecular complexity index is 251. The normalized spacial score (nSPS) is 12.8. The quantitative estimate of drug-likeness (QED) is 0.527. The minimum Gasteiger partial charge on any atom is -0.0990 e. The van der Waals surface area contributed by atoms with Crippen LogP contribution in [0.2, 0.25) is 0 Å². The zero-order valence-electron chi connectivity index (χ0n) is 9.77. The van der Waals surface area contributed by atoms with Gasteiger partial charge in [0, 0.05) is 0 Å². The summed E-state index contributed by atoms with van der Waals surface area (Å²) in [5, 5.41) is 0. The highest BCUT2D eigenvalue weighted by atomic mass is 14.0. The number of hydrogen-bond acceptors (Lipinski definition) is 0. The van der Waals surface area contributed by atoms with E-state index in [1.54, 1.807) is 0 Å².